The van der Waals surface area contributed by atoms with Crippen LogP contribution in [0.3, 0.4) is 0 Å². The lowest BCUT2D eigenvalue weighted by Gasteiger charge is -2.12. The number of imidazole rings is 1. The second-order valence-corrected chi connectivity index (χ2v) is 4.71. The number of hydrogen-bond acceptors (Lipinski definition) is 2. The van der Waals surface area contributed by atoms with Crippen molar-refractivity contribution >= 4 is 11.0 Å². The van der Waals surface area contributed by atoms with E-state index in [-0.39, 0.29) is 0 Å². The average Bonchev–Trinajstić information content (AvgIpc) is 2.88. The molecule has 0 aliphatic heterocycles. The summed E-state index contributed by atoms with van der Waals surface area (Å²) in [6, 6.07) is 18.8. The van der Waals surface area contributed by atoms with E-state index in [1.807, 2.05) is 30.3 Å². The number of rotatable bonds is 4. The monoisotopic (exact) mass is 251 g/mol. The zero-order valence-corrected chi connectivity index (χ0v) is 10.9. The highest BCUT2D eigenvalue weighted by Gasteiger charge is 2.06. The minimum Gasteiger partial charge on any atom is -0.341 e. The summed E-state index contributed by atoms with van der Waals surface area (Å²) in [6.07, 6.45) is 0. The lowest BCUT2D eigenvalue weighted by atomic mass is 10.1. The number of aromatic nitrogens is 2. The van der Waals surface area contributed by atoms with Gasteiger partial charge in [0.1, 0.15) is 5.82 Å². The van der Waals surface area contributed by atoms with Gasteiger partial charge in [-0.2, -0.15) is 0 Å². The first-order valence-electron chi connectivity index (χ1n) is 6.55. The number of nitrogens with one attached hydrogen (secondary N) is 2. The molecule has 19 heavy (non-hydrogen) atoms. The van der Waals surface area contributed by atoms with Crippen LogP contribution in [-0.4, -0.2) is 9.97 Å². The Morgan fingerprint density at radius 1 is 1.05 bits per heavy atom. The van der Waals surface area contributed by atoms with Crippen LogP contribution >= 0.6 is 0 Å². The molecule has 0 bridgehead atoms. The topological polar surface area (TPSA) is 40.7 Å². The van der Waals surface area contributed by atoms with Gasteiger partial charge in [0.25, 0.3) is 0 Å². The highest BCUT2D eigenvalue weighted by Crippen LogP contribution is 2.13. The van der Waals surface area contributed by atoms with Crippen LogP contribution in [0.1, 0.15) is 24.4 Å². The first-order valence-corrected chi connectivity index (χ1v) is 6.55. The van der Waals surface area contributed by atoms with Crippen molar-refractivity contribution in [2.45, 2.75) is 19.5 Å². The maximum absolute atomic E-state index is 4.56. The molecule has 0 saturated carbocycles. The highest BCUT2D eigenvalue weighted by atomic mass is 15.0. The normalized spacial score (nSPS) is 12.7. The Bertz CT molecular complexity index is 625. The van der Waals surface area contributed by atoms with Gasteiger partial charge in [-0.1, -0.05) is 42.5 Å². The first kappa shape index (κ1) is 11.9. The van der Waals surface area contributed by atoms with E-state index in [9.17, 15) is 0 Å². The van der Waals surface area contributed by atoms with Crippen molar-refractivity contribution < 1.29 is 0 Å². The molecule has 3 heteroatoms. The number of H-pyrrole nitrogens is 1. The van der Waals surface area contributed by atoms with Crippen LogP contribution in [0, 0.1) is 0 Å². The van der Waals surface area contributed by atoms with Crippen LogP contribution in [0.4, 0.5) is 0 Å². The largest absolute Gasteiger partial charge is 0.341 e. The molecule has 0 radical (unpaired) electrons. The maximum atomic E-state index is 4.56. The molecular formula is C16H17N3. The van der Waals surface area contributed by atoms with Crippen molar-refractivity contribution in [1.29, 1.82) is 0 Å². The molecule has 3 aromatic rings. The lowest BCUT2D eigenvalue weighted by molar-refractivity contribution is 0.563. The molecule has 96 valence electrons. The van der Waals surface area contributed by atoms with Gasteiger partial charge in [0.15, 0.2) is 0 Å². The minimum atomic E-state index is 0.314. The van der Waals surface area contributed by atoms with E-state index < -0.39 is 0 Å². The van der Waals surface area contributed by atoms with E-state index in [4.69, 9.17) is 0 Å². The van der Waals surface area contributed by atoms with Crippen LogP contribution in [0.15, 0.2) is 54.6 Å². The summed E-state index contributed by atoms with van der Waals surface area (Å²) in [5.41, 5.74) is 3.40. The molecule has 2 N–H and O–H groups in total. The van der Waals surface area contributed by atoms with Gasteiger partial charge in [0.05, 0.1) is 17.6 Å². The number of aromatic amines is 1. The quantitative estimate of drug-likeness (QED) is 0.746. The number of benzene rings is 2. The predicted octanol–water partition coefficient (Wildman–Crippen LogP) is 3.41. The van der Waals surface area contributed by atoms with Crippen LogP contribution in [-0.2, 0) is 6.54 Å². The Morgan fingerprint density at radius 2 is 1.79 bits per heavy atom. The molecule has 0 aliphatic carbocycles. The molecule has 1 heterocycles. The van der Waals surface area contributed by atoms with Gasteiger partial charge in [-0.25, -0.2) is 4.98 Å². The number of fused-ring (bicyclic) bond motifs is 1. The van der Waals surface area contributed by atoms with Crippen molar-refractivity contribution in [2.24, 2.45) is 0 Å². The molecule has 0 aliphatic rings. The number of para-hydroxylation sites is 2. The van der Waals surface area contributed by atoms with E-state index >= 15 is 0 Å². The van der Waals surface area contributed by atoms with Crippen LogP contribution in [0.25, 0.3) is 11.0 Å². The summed E-state index contributed by atoms with van der Waals surface area (Å²) in [4.78, 5) is 7.89. The fraction of sp³-hybridized carbons (Fsp3) is 0.188. The van der Waals surface area contributed by atoms with Crippen molar-refractivity contribution in [1.82, 2.24) is 15.3 Å². The zero-order valence-electron chi connectivity index (χ0n) is 10.9. The Hall–Kier alpha value is -2.13. The van der Waals surface area contributed by atoms with Crippen molar-refractivity contribution in [3.8, 4) is 0 Å². The molecular weight excluding hydrogens is 234 g/mol. The SMILES string of the molecule is CC(NCc1nc2ccccc2[nH]1)c1ccccc1. The Kier molecular flexibility index (Phi) is 3.29. The first-order chi connectivity index (χ1) is 9.33. The van der Waals surface area contributed by atoms with Gasteiger partial charge in [-0.3, -0.25) is 0 Å². The van der Waals surface area contributed by atoms with E-state index in [0.717, 1.165) is 23.4 Å². The summed E-state index contributed by atoms with van der Waals surface area (Å²) < 4.78 is 0. The predicted molar refractivity (Wildman–Crippen MR) is 77.8 cm³/mol. The molecule has 0 amide bonds. The van der Waals surface area contributed by atoms with Gasteiger partial charge in [-0.05, 0) is 24.6 Å². The Labute approximate surface area is 112 Å². The summed E-state index contributed by atoms with van der Waals surface area (Å²) in [5.74, 6) is 0.976. The molecule has 0 saturated heterocycles. The number of hydrogen-bond donors (Lipinski definition) is 2. The molecule has 1 atom stereocenters. The molecule has 3 nitrogen and oxygen atoms in total. The van der Waals surface area contributed by atoms with Gasteiger partial charge in [-0.15, -0.1) is 0 Å². The second kappa shape index (κ2) is 5.24. The average molecular weight is 251 g/mol. The zero-order chi connectivity index (χ0) is 13.1. The van der Waals surface area contributed by atoms with E-state index in [2.05, 4.69) is 46.5 Å². The summed E-state index contributed by atoms with van der Waals surface area (Å²) >= 11 is 0. The summed E-state index contributed by atoms with van der Waals surface area (Å²) in [7, 11) is 0. The smallest absolute Gasteiger partial charge is 0.121 e. The fourth-order valence-corrected chi connectivity index (χ4v) is 2.20. The maximum Gasteiger partial charge on any atom is 0.121 e. The van der Waals surface area contributed by atoms with Crippen LogP contribution < -0.4 is 5.32 Å². The van der Waals surface area contributed by atoms with E-state index in [1.54, 1.807) is 0 Å². The van der Waals surface area contributed by atoms with Crippen LogP contribution in [0.2, 0.25) is 0 Å². The third-order valence-electron chi connectivity index (χ3n) is 3.31. The fourth-order valence-electron chi connectivity index (χ4n) is 2.20. The Morgan fingerprint density at radius 3 is 2.58 bits per heavy atom. The molecule has 3 rings (SSSR count). The van der Waals surface area contributed by atoms with Crippen molar-refractivity contribution in [3.05, 3.63) is 66.0 Å². The van der Waals surface area contributed by atoms with Gasteiger partial charge < -0.3 is 10.3 Å². The molecule has 1 aromatic heterocycles. The minimum absolute atomic E-state index is 0.314. The van der Waals surface area contributed by atoms with E-state index in [1.165, 1.54) is 5.56 Å². The van der Waals surface area contributed by atoms with Gasteiger partial charge in [0.2, 0.25) is 0 Å². The third kappa shape index (κ3) is 2.66. The van der Waals surface area contributed by atoms with Crippen LogP contribution in [0.5, 0.6) is 0 Å². The highest BCUT2D eigenvalue weighted by molar-refractivity contribution is 5.74. The van der Waals surface area contributed by atoms with E-state index in [0.29, 0.717) is 6.04 Å². The Balaban J connectivity index is 1.69. The molecule has 1 unspecified atom stereocenters. The van der Waals surface area contributed by atoms with Crippen molar-refractivity contribution in [2.75, 3.05) is 0 Å². The molecule has 2 aromatic carbocycles. The van der Waals surface area contributed by atoms with Gasteiger partial charge >= 0.3 is 0 Å². The lowest BCUT2D eigenvalue weighted by Crippen LogP contribution is -2.18. The number of nitrogens with zero attached hydrogens (tertiary/aromatic N) is 1. The molecule has 0 spiro atoms. The van der Waals surface area contributed by atoms with Gasteiger partial charge in [0, 0.05) is 6.04 Å². The summed E-state index contributed by atoms with van der Waals surface area (Å²) in [6.45, 7) is 2.91. The summed E-state index contributed by atoms with van der Waals surface area (Å²) in [5, 5.41) is 3.48. The van der Waals surface area contributed by atoms with Crippen molar-refractivity contribution in [3.63, 3.8) is 0 Å². The third-order valence-corrected chi connectivity index (χ3v) is 3.31. The standard InChI is InChI=1S/C16H17N3/c1-12(13-7-3-2-4-8-13)17-11-16-18-14-9-5-6-10-15(14)19-16/h2-10,12,17H,11H2,1H3,(H,18,19). The second-order valence-electron chi connectivity index (χ2n) is 4.71. The molecule has 0 fully saturated rings.